The Morgan fingerprint density at radius 1 is 1.03 bits per heavy atom. The predicted octanol–water partition coefficient (Wildman–Crippen LogP) is 4.97. The Bertz CT molecular complexity index is 844. The Balaban J connectivity index is 2.21. The predicted molar refractivity (Wildman–Crippen MR) is 117 cm³/mol. The molecular weight excluding hydrogens is 435 g/mol. The van der Waals surface area contributed by atoms with Gasteiger partial charge in [-0.1, -0.05) is 47.8 Å². The van der Waals surface area contributed by atoms with E-state index in [0.717, 1.165) is 5.56 Å². The summed E-state index contributed by atoms with van der Waals surface area (Å²) in [6.45, 7) is 4.16. The second-order valence-electron chi connectivity index (χ2n) is 6.33. The van der Waals surface area contributed by atoms with Crippen molar-refractivity contribution in [1.29, 1.82) is 0 Å². The lowest BCUT2D eigenvalue weighted by molar-refractivity contribution is -0.142. The van der Waals surface area contributed by atoms with Crippen LogP contribution in [0.4, 0.5) is 0 Å². The van der Waals surface area contributed by atoms with Crippen molar-refractivity contribution in [2.45, 2.75) is 32.9 Å². The Kier molecular flexibility index (Phi) is 9.08. The minimum absolute atomic E-state index is 0.204. The molecule has 0 unspecified atom stereocenters. The van der Waals surface area contributed by atoms with Gasteiger partial charge in [-0.3, -0.25) is 9.59 Å². The molecule has 0 saturated heterocycles. The van der Waals surface area contributed by atoms with Gasteiger partial charge in [-0.25, -0.2) is 0 Å². The van der Waals surface area contributed by atoms with Crippen molar-refractivity contribution in [3.8, 4) is 5.75 Å². The molecular formula is C21H23Cl3N2O3. The van der Waals surface area contributed by atoms with E-state index < -0.39 is 6.04 Å². The van der Waals surface area contributed by atoms with Crippen LogP contribution >= 0.6 is 34.8 Å². The monoisotopic (exact) mass is 456 g/mol. The van der Waals surface area contributed by atoms with Crippen molar-refractivity contribution in [3.05, 3.63) is 63.1 Å². The summed E-state index contributed by atoms with van der Waals surface area (Å²) in [5, 5.41) is 4.17. The fourth-order valence-electron chi connectivity index (χ4n) is 2.81. The molecule has 1 atom stereocenters. The van der Waals surface area contributed by atoms with Crippen LogP contribution in [-0.4, -0.2) is 35.9 Å². The molecule has 0 bridgehead atoms. The molecule has 0 radical (unpaired) electrons. The van der Waals surface area contributed by atoms with Gasteiger partial charge in [0.1, 0.15) is 11.8 Å². The molecule has 1 N–H and O–H groups in total. The lowest BCUT2D eigenvalue weighted by Gasteiger charge is -2.30. The first kappa shape index (κ1) is 23.3. The number of benzene rings is 2. The van der Waals surface area contributed by atoms with Gasteiger partial charge in [0.2, 0.25) is 5.91 Å². The number of hydrogen-bond donors (Lipinski definition) is 1. The highest BCUT2D eigenvalue weighted by Gasteiger charge is 2.28. The van der Waals surface area contributed by atoms with Gasteiger partial charge < -0.3 is 15.0 Å². The molecule has 156 valence electrons. The number of amides is 2. The smallest absolute Gasteiger partial charge is 0.261 e. The van der Waals surface area contributed by atoms with Gasteiger partial charge in [0, 0.05) is 18.1 Å². The summed E-state index contributed by atoms with van der Waals surface area (Å²) < 4.78 is 5.59. The second-order valence-corrected chi connectivity index (χ2v) is 7.58. The fourth-order valence-corrected chi connectivity index (χ4v) is 3.25. The maximum absolute atomic E-state index is 13.0. The van der Waals surface area contributed by atoms with E-state index in [4.69, 9.17) is 39.5 Å². The third-order valence-corrected chi connectivity index (χ3v) is 5.24. The van der Waals surface area contributed by atoms with Crippen LogP contribution in [0, 0.1) is 0 Å². The zero-order valence-corrected chi connectivity index (χ0v) is 18.5. The lowest BCUT2D eigenvalue weighted by atomic mass is 10.1. The zero-order chi connectivity index (χ0) is 21.4. The van der Waals surface area contributed by atoms with Crippen molar-refractivity contribution in [2.75, 3.05) is 13.2 Å². The first-order chi connectivity index (χ1) is 13.8. The van der Waals surface area contributed by atoms with Gasteiger partial charge in [0.05, 0.1) is 10.0 Å². The normalized spacial score (nSPS) is 11.6. The summed E-state index contributed by atoms with van der Waals surface area (Å²) in [7, 11) is 0. The molecule has 2 aromatic carbocycles. The number of carbonyl (C=O) groups excluding carboxylic acids is 2. The number of nitrogens with zero attached hydrogens (tertiary/aromatic N) is 1. The average molecular weight is 458 g/mol. The van der Waals surface area contributed by atoms with E-state index in [1.54, 1.807) is 42.5 Å². The largest absolute Gasteiger partial charge is 0.484 e. The minimum Gasteiger partial charge on any atom is -0.484 e. The van der Waals surface area contributed by atoms with E-state index in [1.807, 2.05) is 13.8 Å². The first-order valence-electron chi connectivity index (χ1n) is 9.25. The number of hydrogen-bond acceptors (Lipinski definition) is 3. The van der Waals surface area contributed by atoms with Crippen molar-refractivity contribution >= 4 is 46.6 Å². The summed E-state index contributed by atoms with van der Waals surface area (Å²) in [6, 6.07) is 11.2. The summed E-state index contributed by atoms with van der Waals surface area (Å²) in [6.07, 6.45) is 0.458. The van der Waals surface area contributed by atoms with E-state index >= 15 is 0 Å². The molecule has 29 heavy (non-hydrogen) atoms. The Hall–Kier alpha value is -1.95. The highest BCUT2D eigenvalue weighted by molar-refractivity contribution is 6.42. The molecule has 2 amide bonds. The second kappa shape index (κ2) is 11.3. The van der Waals surface area contributed by atoms with Crippen LogP contribution in [0.5, 0.6) is 5.75 Å². The van der Waals surface area contributed by atoms with Crippen molar-refractivity contribution in [3.63, 3.8) is 0 Å². The number of ether oxygens (including phenoxy) is 1. The van der Waals surface area contributed by atoms with Gasteiger partial charge in [0.25, 0.3) is 5.91 Å². The van der Waals surface area contributed by atoms with Crippen LogP contribution in [0.3, 0.4) is 0 Å². The summed E-state index contributed by atoms with van der Waals surface area (Å²) >= 11 is 18.0. The van der Waals surface area contributed by atoms with E-state index in [1.165, 1.54) is 4.90 Å². The Morgan fingerprint density at radius 2 is 1.72 bits per heavy atom. The topological polar surface area (TPSA) is 58.6 Å². The molecule has 2 aromatic rings. The van der Waals surface area contributed by atoms with Crippen LogP contribution in [0.2, 0.25) is 15.1 Å². The highest BCUT2D eigenvalue weighted by atomic mass is 35.5. The zero-order valence-electron chi connectivity index (χ0n) is 16.3. The molecule has 0 heterocycles. The number of rotatable bonds is 9. The summed E-state index contributed by atoms with van der Waals surface area (Å²) in [4.78, 5) is 27.0. The van der Waals surface area contributed by atoms with Crippen molar-refractivity contribution < 1.29 is 14.3 Å². The van der Waals surface area contributed by atoms with Crippen LogP contribution < -0.4 is 10.1 Å². The van der Waals surface area contributed by atoms with E-state index in [0.29, 0.717) is 33.8 Å². The van der Waals surface area contributed by atoms with Gasteiger partial charge >= 0.3 is 0 Å². The Morgan fingerprint density at radius 3 is 2.31 bits per heavy atom. The average Bonchev–Trinajstić information content (AvgIpc) is 2.70. The molecule has 0 aliphatic carbocycles. The first-order valence-corrected chi connectivity index (χ1v) is 10.4. The number of carbonyl (C=O) groups is 2. The maximum Gasteiger partial charge on any atom is 0.261 e. The van der Waals surface area contributed by atoms with Gasteiger partial charge in [-0.15, -0.1) is 0 Å². The maximum atomic E-state index is 13.0. The van der Waals surface area contributed by atoms with Crippen LogP contribution in [0.15, 0.2) is 42.5 Å². The van der Waals surface area contributed by atoms with Crippen LogP contribution in [-0.2, 0) is 16.1 Å². The van der Waals surface area contributed by atoms with Gasteiger partial charge in [0.15, 0.2) is 6.61 Å². The standard InChI is InChI=1S/C21H23Cl3N2O3/c1-3-19(21(28)25-4-2)26(12-14-5-10-17(23)18(24)11-14)20(27)13-29-16-8-6-15(22)7-9-16/h5-11,19H,3-4,12-13H2,1-2H3,(H,25,28)/t19-/m0/s1. The van der Waals surface area contributed by atoms with Gasteiger partial charge in [-0.05, 0) is 55.3 Å². The van der Waals surface area contributed by atoms with E-state index in [2.05, 4.69) is 5.32 Å². The highest BCUT2D eigenvalue weighted by Crippen LogP contribution is 2.24. The quantitative estimate of drug-likeness (QED) is 0.578. The van der Waals surface area contributed by atoms with Crippen LogP contribution in [0.1, 0.15) is 25.8 Å². The molecule has 0 fully saturated rings. The molecule has 8 heteroatoms. The minimum atomic E-state index is -0.634. The molecule has 0 saturated carbocycles. The molecule has 5 nitrogen and oxygen atoms in total. The van der Waals surface area contributed by atoms with Crippen molar-refractivity contribution in [2.24, 2.45) is 0 Å². The summed E-state index contributed by atoms with van der Waals surface area (Å²) in [5.41, 5.74) is 0.766. The van der Waals surface area contributed by atoms with Crippen molar-refractivity contribution in [1.82, 2.24) is 10.2 Å². The summed E-state index contributed by atoms with van der Waals surface area (Å²) in [5.74, 6) is -0.0117. The third kappa shape index (κ3) is 6.81. The lowest BCUT2D eigenvalue weighted by Crippen LogP contribution is -2.50. The molecule has 2 rings (SSSR count). The van der Waals surface area contributed by atoms with Gasteiger partial charge in [-0.2, -0.15) is 0 Å². The third-order valence-electron chi connectivity index (χ3n) is 4.25. The molecule has 0 aliphatic rings. The fraction of sp³-hybridized carbons (Fsp3) is 0.333. The number of likely N-dealkylation sites (N-methyl/N-ethyl adjacent to an activating group) is 1. The Labute approximate surface area is 185 Å². The number of nitrogens with one attached hydrogen (secondary N) is 1. The van der Waals surface area contributed by atoms with E-state index in [-0.39, 0.29) is 25.0 Å². The number of halogens is 3. The van der Waals surface area contributed by atoms with Crippen LogP contribution in [0.25, 0.3) is 0 Å². The molecule has 0 aliphatic heterocycles. The molecule has 0 aromatic heterocycles. The SMILES string of the molecule is CCNC(=O)[C@H](CC)N(Cc1ccc(Cl)c(Cl)c1)C(=O)COc1ccc(Cl)cc1. The molecule has 0 spiro atoms. The van der Waals surface area contributed by atoms with E-state index in [9.17, 15) is 9.59 Å².